The molecule has 1 unspecified atom stereocenters. The average Bonchev–Trinajstić information content (AvgIpc) is 2.26. The summed E-state index contributed by atoms with van der Waals surface area (Å²) in [4.78, 5) is 4.26. The molecular weight excluding hydrogens is 186 g/mol. The smallest absolute Gasteiger partial charge is 0.127 e. The normalized spacial score (nSPS) is 12.2. The minimum atomic E-state index is 0.506. The third-order valence-electron chi connectivity index (χ3n) is 2.34. The van der Waals surface area contributed by atoms with Gasteiger partial charge in [-0.3, -0.25) is 0 Å². The summed E-state index contributed by atoms with van der Waals surface area (Å²) in [6.45, 7) is 7.47. The molecule has 3 nitrogen and oxygen atoms in total. The Morgan fingerprint density at radius 1 is 1.40 bits per heavy atom. The maximum Gasteiger partial charge on any atom is 0.127 e. The highest BCUT2D eigenvalue weighted by Crippen LogP contribution is 2.13. The molecule has 0 fully saturated rings. The van der Waals surface area contributed by atoms with Crippen molar-refractivity contribution in [1.29, 1.82) is 0 Å². The molecule has 0 aliphatic heterocycles. The van der Waals surface area contributed by atoms with Crippen LogP contribution < -0.4 is 10.6 Å². The number of nitrogens with one attached hydrogen (secondary N) is 2. The van der Waals surface area contributed by atoms with Crippen LogP contribution in [-0.2, 0) is 0 Å². The third-order valence-corrected chi connectivity index (χ3v) is 2.34. The van der Waals surface area contributed by atoms with Gasteiger partial charge in [0, 0.05) is 30.5 Å². The van der Waals surface area contributed by atoms with Gasteiger partial charge in [-0.2, -0.15) is 0 Å². The van der Waals surface area contributed by atoms with Crippen LogP contribution in [0.5, 0.6) is 0 Å². The van der Waals surface area contributed by atoms with Crippen LogP contribution in [0, 0.1) is 0 Å². The third kappa shape index (κ3) is 4.19. The van der Waals surface area contributed by atoms with Crippen LogP contribution in [0.4, 0.5) is 11.5 Å². The van der Waals surface area contributed by atoms with E-state index in [1.807, 2.05) is 12.3 Å². The van der Waals surface area contributed by atoms with E-state index in [-0.39, 0.29) is 0 Å². The van der Waals surface area contributed by atoms with E-state index in [0.717, 1.165) is 30.9 Å². The molecule has 0 saturated heterocycles. The van der Waals surface area contributed by atoms with E-state index in [1.165, 1.54) is 0 Å². The van der Waals surface area contributed by atoms with E-state index in [4.69, 9.17) is 0 Å². The van der Waals surface area contributed by atoms with E-state index < -0.39 is 0 Å². The van der Waals surface area contributed by atoms with Gasteiger partial charge in [0.2, 0.25) is 0 Å². The summed E-state index contributed by atoms with van der Waals surface area (Å²) < 4.78 is 0. The Morgan fingerprint density at radius 3 is 2.87 bits per heavy atom. The first kappa shape index (κ1) is 11.8. The topological polar surface area (TPSA) is 37.0 Å². The fourth-order valence-corrected chi connectivity index (χ4v) is 1.26. The lowest BCUT2D eigenvalue weighted by Gasteiger charge is -2.13. The summed E-state index contributed by atoms with van der Waals surface area (Å²) >= 11 is 0. The standard InChI is InChI=1S/C12H21N3/c1-4-7-13-12-9-11(6-8-14-12)15-10(3)5-2/h6,8-10H,4-5,7H2,1-3H3,(H2,13,14,15). The van der Waals surface area contributed by atoms with Crippen LogP contribution in [0.1, 0.15) is 33.6 Å². The lowest BCUT2D eigenvalue weighted by atomic mass is 10.2. The summed E-state index contributed by atoms with van der Waals surface area (Å²) in [6.07, 6.45) is 4.08. The number of hydrogen-bond acceptors (Lipinski definition) is 3. The maximum atomic E-state index is 4.26. The number of nitrogens with zero attached hydrogens (tertiary/aromatic N) is 1. The highest BCUT2D eigenvalue weighted by Gasteiger charge is 1.99. The second kappa shape index (κ2) is 6.27. The molecule has 2 N–H and O–H groups in total. The Hall–Kier alpha value is -1.25. The van der Waals surface area contributed by atoms with Crippen LogP contribution in [0.25, 0.3) is 0 Å². The van der Waals surface area contributed by atoms with Crippen LogP contribution in [0.2, 0.25) is 0 Å². The quantitative estimate of drug-likeness (QED) is 0.752. The minimum Gasteiger partial charge on any atom is -0.382 e. The maximum absolute atomic E-state index is 4.26. The van der Waals surface area contributed by atoms with Gasteiger partial charge in [0.25, 0.3) is 0 Å². The molecule has 1 atom stereocenters. The van der Waals surface area contributed by atoms with Crippen LogP contribution in [-0.4, -0.2) is 17.6 Å². The molecule has 0 aromatic carbocycles. The average molecular weight is 207 g/mol. The van der Waals surface area contributed by atoms with Crippen molar-refractivity contribution in [1.82, 2.24) is 4.98 Å². The van der Waals surface area contributed by atoms with Gasteiger partial charge in [-0.1, -0.05) is 13.8 Å². The molecule has 0 saturated carbocycles. The van der Waals surface area contributed by atoms with Gasteiger partial charge in [0.1, 0.15) is 5.82 Å². The van der Waals surface area contributed by atoms with Crippen LogP contribution in [0.3, 0.4) is 0 Å². The van der Waals surface area contributed by atoms with Crippen molar-refractivity contribution in [3.05, 3.63) is 18.3 Å². The summed E-state index contributed by atoms with van der Waals surface area (Å²) in [7, 11) is 0. The van der Waals surface area contributed by atoms with Crippen molar-refractivity contribution >= 4 is 11.5 Å². The van der Waals surface area contributed by atoms with Gasteiger partial charge in [-0.05, 0) is 25.8 Å². The Kier molecular flexibility index (Phi) is 4.95. The predicted octanol–water partition coefficient (Wildman–Crippen LogP) is 3.11. The monoisotopic (exact) mass is 207 g/mol. The van der Waals surface area contributed by atoms with Gasteiger partial charge in [-0.15, -0.1) is 0 Å². The Bertz CT molecular complexity index is 286. The Morgan fingerprint density at radius 2 is 2.20 bits per heavy atom. The zero-order valence-corrected chi connectivity index (χ0v) is 9.88. The molecule has 0 radical (unpaired) electrons. The molecule has 0 spiro atoms. The van der Waals surface area contributed by atoms with Crippen LogP contribution >= 0.6 is 0 Å². The zero-order chi connectivity index (χ0) is 11.1. The van der Waals surface area contributed by atoms with Gasteiger partial charge < -0.3 is 10.6 Å². The number of pyridine rings is 1. The number of anilines is 2. The van der Waals surface area contributed by atoms with E-state index in [0.29, 0.717) is 6.04 Å². The molecule has 1 aromatic rings. The molecule has 3 heteroatoms. The van der Waals surface area contributed by atoms with Crippen LogP contribution in [0.15, 0.2) is 18.3 Å². The first-order chi connectivity index (χ1) is 7.26. The second-order valence-electron chi connectivity index (χ2n) is 3.81. The second-order valence-corrected chi connectivity index (χ2v) is 3.81. The van der Waals surface area contributed by atoms with Crippen molar-refractivity contribution in [3.63, 3.8) is 0 Å². The summed E-state index contributed by atoms with van der Waals surface area (Å²) in [5, 5.41) is 6.70. The van der Waals surface area contributed by atoms with Crippen molar-refractivity contribution in [2.45, 2.75) is 39.7 Å². The first-order valence-corrected chi connectivity index (χ1v) is 5.72. The number of aromatic nitrogens is 1. The van der Waals surface area contributed by atoms with Gasteiger partial charge in [0.15, 0.2) is 0 Å². The molecule has 0 aliphatic carbocycles. The highest BCUT2D eigenvalue weighted by molar-refractivity contribution is 5.52. The zero-order valence-electron chi connectivity index (χ0n) is 9.88. The fourth-order valence-electron chi connectivity index (χ4n) is 1.26. The van der Waals surface area contributed by atoms with Crippen molar-refractivity contribution in [3.8, 4) is 0 Å². The van der Waals surface area contributed by atoms with Crippen molar-refractivity contribution < 1.29 is 0 Å². The largest absolute Gasteiger partial charge is 0.382 e. The van der Waals surface area contributed by atoms with Gasteiger partial charge in [0.05, 0.1) is 0 Å². The molecule has 84 valence electrons. The predicted molar refractivity (Wildman–Crippen MR) is 66.4 cm³/mol. The summed E-state index contributed by atoms with van der Waals surface area (Å²) in [5.74, 6) is 0.949. The van der Waals surface area contributed by atoms with E-state index in [2.05, 4.69) is 42.5 Å². The SMILES string of the molecule is CCCNc1cc(NC(C)CC)ccn1. The van der Waals surface area contributed by atoms with Gasteiger partial charge >= 0.3 is 0 Å². The molecule has 0 aliphatic rings. The lowest BCUT2D eigenvalue weighted by molar-refractivity contribution is 0.764. The molecule has 1 aromatic heterocycles. The van der Waals surface area contributed by atoms with E-state index in [9.17, 15) is 0 Å². The van der Waals surface area contributed by atoms with E-state index >= 15 is 0 Å². The highest BCUT2D eigenvalue weighted by atomic mass is 15.0. The number of hydrogen-bond donors (Lipinski definition) is 2. The minimum absolute atomic E-state index is 0.506. The van der Waals surface area contributed by atoms with Crippen molar-refractivity contribution in [2.75, 3.05) is 17.2 Å². The molecule has 1 heterocycles. The number of rotatable bonds is 6. The summed E-state index contributed by atoms with van der Waals surface area (Å²) in [5.41, 5.74) is 1.14. The van der Waals surface area contributed by atoms with Crippen molar-refractivity contribution in [2.24, 2.45) is 0 Å². The molecule has 1 rings (SSSR count). The lowest BCUT2D eigenvalue weighted by Crippen LogP contribution is -2.13. The fraction of sp³-hybridized carbons (Fsp3) is 0.583. The molecule has 0 bridgehead atoms. The molecule has 15 heavy (non-hydrogen) atoms. The Balaban J connectivity index is 2.57. The summed E-state index contributed by atoms with van der Waals surface area (Å²) in [6, 6.07) is 4.57. The molecular formula is C12H21N3. The molecule has 0 amide bonds. The first-order valence-electron chi connectivity index (χ1n) is 5.72. The Labute approximate surface area is 92.3 Å². The van der Waals surface area contributed by atoms with Gasteiger partial charge in [-0.25, -0.2) is 4.98 Å². The van der Waals surface area contributed by atoms with E-state index in [1.54, 1.807) is 0 Å².